The lowest BCUT2D eigenvalue weighted by molar-refractivity contribution is 0.0915. The standard InChI is InChI=1S/C15H19N3O/c1-10-12(7-4-8-16-10)18-15(19)14-9-11-5-2-3-6-13(11)17-14/h2-3,5-6,9-10,12,16-17H,4,7-8H2,1H3,(H,18,19). The number of benzene rings is 1. The molecule has 1 amide bonds. The van der Waals surface area contributed by atoms with E-state index in [-0.39, 0.29) is 11.9 Å². The molecular formula is C15H19N3O. The fraction of sp³-hybridized carbons (Fsp3) is 0.400. The smallest absolute Gasteiger partial charge is 0.268 e. The van der Waals surface area contributed by atoms with Crippen LogP contribution in [0.15, 0.2) is 30.3 Å². The third-order valence-corrected chi connectivity index (χ3v) is 3.85. The predicted octanol–water partition coefficient (Wildman–Crippen LogP) is 2.04. The van der Waals surface area contributed by atoms with E-state index in [1.165, 1.54) is 0 Å². The van der Waals surface area contributed by atoms with Gasteiger partial charge < -0.3 is 15.6 Å². The maximum Gasteiger partial charge on any atom is 0.268 e. The molecule has 4 heteroatoms. The summed E-state index contributed by atoms with van der Waals surface area (Å²) in [4.78, 5) is 15.4. The van der Waals surface area contributed by atoms with Crippen LogP contribution in [0.5, 0.6) is 0 Å². The van der Waals surface area contributed by atoms with E-state index in [1.54, 1.807) is 0 Å². The monoisotopic (exact) mass is 257 g/mol. The highest BCUT2D eigenvalue weighted by Gasteiger charge is 2.23. The Morgan fingerprint density at radius 3 is 3.00 bits per heavy atom. The van der Waals surface area contributed by atoms with E-state index in [0.717, 1.165) is 30.3 Å². The number of amides is 1. The summed E-state index contributed by atoms with van der Waals surface area (Å²) in [5, 5.41) is 7.58. The fourth-order valence-electron chi connectivity index (χ4n) is 2.68. The molecule has 2 heterocycles. The Hall–Kier alpha value is -1.81. The van der Waals surface area contributed by atoms with Crippen LogP contribution in [0.1, 0.15) is 30.3 Å². The van der Waals surface area contributed by atoms with Crippen molar-refractivity contribution >= 4 is 16.8 Å². The van der Waals surface area contributed by atoms with Gasteiger partial charge in [0.25, 0.3) is 5.91 Å². The highest BCUT2D eigenvalue weighted by molar-refractivity contribution is 5.98. The van der Waals surface area contributed by atoms with Gasteiger partial charge in [-0.25, -0.2) is 0 Å². The van der Waals surface area contributed by atoms with Crippen molar-refractivity contribution in [3.05, 3.63) is 36.0 Å². The Morgan fingerprint density at radius 1 is 1.37 bits per heavy atom. The summed E-state index contributed by atoms with van der Waals surface area (Å²) in [6.45, 7) is 3.16. The highest BCUT2D eigenvalue weighted by Crippen LogP contribution is 2.15. The second kappa shape index (κ2) is 5.05. The summed E-state index contributed by atoms with van der Waals surface area (Å²) in [6.07, 6.45) is 2.15. The van der Waals surface area contributed by atoms with E-state index in [0.29, 0.717) is 11.7 Å². The third kappa shape index (κ3) is 2.49. The van der Waals surface area contributed by atoms with Gasteiger partial charge in [0, 0.05) is 23.0 Å². The third-order valence-electron chi connectivity index (χ3n) is 3.85. The van der Waals surface area contributed by atoms with Gasteiger partial charge in [-0.2, -0.15) is 0 Å². The van der Waals surface area contributed by atoms with Crippen LogP contribution >= 0.6 is 0 Å². The molecule has 2 aromatic rings. The van der Waals surface area contributed by atoms with Crippen LogP contribution in [-0.2, 0) is 0 Å². The summed E-state index contributed by atoms with van der Waals surface area (Å²) in [7, 11) is 0. The first kappa shape index (κ1) is 12.2. The Morgan fingerprint density at radius 2 is 2.21 bits per heavy atom. The van der Waals surface area contributed by atoms with E-state index >= 15 is 0 Å². The Balaban J connectivity index is 1.76. The number of piperidine rings is 1. The zero-order valence-electron chi connectivity index (χ0n) is 11.1. The van der Waals surface area contributed by atoms with Crippen molar-refractivity contribution in [3.8, 4) is 0 Å². The molecule has 1 aromatic carbocycles. The van der Waals surface area contributed by atoms with Gasteiger partial charge in [0.15, 0.2) is 0 Å². The molecular weight excluding hydrogens is 238 g/mol. The SMILES string of the molecule is CC1NCCCC1NC(=O)c1cc2ccccc2[nH]1. The first-order chi connectivity index (χ1) is 9.24. The summed E-state index contributed by atoms with van der Waals surface area (Å²) >= 11 is 0. The number of aromatic amines is 1. The number of para-hydroxylation sites is 1. The zero-order chi connectivity index (χ0) is 13.2. The Kier molecular flexibility index (Phi) is 3.25. The summed E-state index contributed by atoms with van der Waals surface area (Å²) in [6, 6.07) is 10.4. The quantitative estimate of drug-likeness (QED) is 0.771. The van der Waals surface area contributed by atoms with Gasteiger partial charge in [-0.05, 0) is 38.4 Å². The second-order valence-corrected chi connectivity index (χ2v) is 5.24. The average molecular weight is 257 g/mol. The zero-order valence-corrected chi connectivity index (χ0v) is 11.1. The van der Waals surface area contributed by atoms with Crippen molar-refractivity contribution in [1.82, 2.24) is 15.6 Å². The number of carbonyl (C=O) groups is 1. The molecule has 1 aliphatic heterocycles. The Labute approximate surface area is 112 Å². The number of rotatable bonds is 2. The van der Waals surface area contributed by atoms with Gasteiger partial charge in [0.2, 0.25) is 0 Å². The van der Waals surface area contributed by atoms with Crippen LogP contribution in [0.3, 0.4) is 0 Å². The first-order valence-corrected chi connectivity index (χ1v) is 6.86. The van der Waals surface area contributed by atoms with Crippen molar-refractivity contribution in [2.24, 2.45) is 0 Å². The van der Waals surface area contributed by atoms with Crippen molar-refractivity contribution in [2.45, 2.75) is 31.8 Å². The van der Waals surface area contributed by atoms with Crippen LogP contribution in [-0.4, -0.2) is 29.5 Å². The van der Waals surface area contributed by atoms with E-state index in [4.69, 9.17) is 0 Å². The largest absolute Gasteiger partial charge is 0.351 e. The number of aromatic nitrogens is 1. The molecule has 1 fully saturated rings. The molecule has 0 bridgehead atoms. The van der Waals surface area contributed by atoms with Crippen molar-refractivity contribution in [2.75, 3.05) is 6.54 Å². The number of H-pyrrole nitrogens is 1. The van der Waals surface area contributed by atoms with E-state index in [1.807, 2.05) is 30.3 Å². The molecule has 2 atom stereocenters. The molecule has 1 aliphatic rings. The minimum Gasteiger partial charge on any atom is -0.351 e. The number of nitrogens with one attached hydrogen (secondary N) is 3. The van der Waals surface area contributed by atoms with Gasteiger partial charge in [-0.3, -0.25) is 4.79 Å². The lowest BCUT2D eigenvalue weighted by atomic mass is 10.00. The molecule has 100 valence electrons. The van der Waals surface area contributed by atoms with E-state index in [9.17, 15) is 4.79 Å². The molecule has 1 aromatic heterocycles. The lowest BCUT2D eigenvalue weighted by Crippen LogP contribution is -2.51. The van der Waals surface area contributed by atoms with Crippen LogP contribution in [0, 0.1) is 0 Å². The number of hydrogen-bond donors (Lipinski definition) is 3. The number of fused-ring (bicyclic) bond motifs is 1. The van der Waals surface area contributed by atoms with Crippen molar-refractivity contribution < 1.29 is 4.79 Å². The molecule has 0 spiro atoms. The van der Waals surface area contributed by atoms with Crippen LogP contribution < -0.4 is 10.6 Å². The molecule has 0 aliphatic carbocycles. The van der Waals surface area contributed by atoms with Gasteiger partial charge in [0.05, 0.1) is 0 Å². The molecule has 0 saturated carbocycles. The molecule has 0 radical (unpaired) electrons. The minimum absolute atomic E-state index is 0.0169. The molecule has 2 unspecified atom stereocenters. The van der Waals surface area contributed by atoms with Crippen LogP contribution in [0.25, 0.3) is 10.9 Å². The van der Waals surface area contributed by atoms with E-state index < -0.39 is 0 Å². The highest BCUT2D eigenvalue weighted by atomic mass is 16.1. The normalized spacial score (nSPS) is 23.4. The minimum atomic E-state index is -0.0169. The van der Waals surface area contributed by atoms with Crippen LogP contribution in [0.2, 0.25) is 0 Å². The molecule has 19 heavy (non-hydrogen) atoms. The number of carbonyl (C=O) groups excluding carboxylic acids is 1. The predicted molar refractivity (Wildman–Crippen MR) is 76.3 cm³/mol. The molecule has 4 nitrogen and oxygen atoms in total. The topological polar surface area (TPSA) is 56.9 Å². The first-order valence-electron chi connectivity index (χ1n) is 6.86. The maximum atomic E-state index is 12.3. The maximum absolute atomic E-state index is 12.3. The van der Waals surface area contributed by atoms with Crippen LogP contribution in [0.4, 0.5) is 0 Å². The Bertz CT molecular complexity index is 557. The van der Waals surface area contributed by atoms with E-state index in [2.05, 4.69) is 22.5 Å². The van der Waals surface area contributed by atoms with Crippen molar-refractivity contribution in [1.29, 1.82) is 0 Å². The van der Waals surface area contributed by atoms with Gasteiger partial charge in [-0.1, -0.05) is 18.2 Å². The molecule has 3 rings (SSSR count). The van der Waals surface area contributed by atoms with Crippen molar-refractivity contribution in [3.63, 3.8) is 0 Å². The number of hydrogen-bond acceptors (Lipinski definition) is 2. The second-order valence-electron chi connectivity index (χ2n) is 5.24. The van der Waals surface area contributed by atoms with Gasteiger partial charge in [0.1, 0.15) is 5.69 Å². The molecule has 3 N–H and O–H groups in total. The lowest BCUT2D eigenvalue weighted by Gasteiger charge is -2.30. The fourth-order valence-corrected chi connectivity index (χ4v) is 2.68. The molecule has 1 saturated heterocycles. The van der Waals surface area contributed by atoms with Gasteiger partial charge >= 0.3 is 0 Å². The average Bonchev–Trinajstić information content (AvgIpc) is 2.85. The van der Waals surface area contributed by atoms with Gasteiger partial charge in [-0.15, -0.1) is 0 Å². The summed E-state index contributed by atoms with van der Waals surface area (Å²) in [5.74, 6) is -0.0169. The summed E-state index contributed by atoms with van der Waals surface area (Å²) in [5.41, 5.74) is 1.64. The summed E-state index contributed by atoms with van der Waals surface area (Å²) < 4.78 is 0.